The van der Waals surface area contributed by atoms with Gasteiger partial charge in [0.2, 0.25) is 11.8 Å². The van der Waals surface area contributed by atoms with Crippen LogP contribution in [0.3, 0.4) is 0 Å². The average Bonchev–Trinajstić information content (AvgIpc) is 3.00. The first-order valence-corrected chi connectivity index (χ1v) is 12.3. The third-order valence-corrected chi connectivity index (χ3v) is 5.33. The summed E-state index contributed by atoms with van der Waals surface area (Å²) in [5.41, 5.74) is 6.68. The molecule has 204 valence electrons. The quantitative estimate of drug-likeness (QED) is 0.101. The Bertz CT molecular complexity index is 1430. The lowest BCUT2D eigenvalue weighted by molar-refractivity contribution is -0.129. The number of benzene rings is 4. The number of ether oxygens (including phenoxy) is 2. The van der Waals surface area contributed by atoms with Gasteiger partial charge in [-0.1, -0.05) is 36.4 Å². The number of hydrogen-bond acceptors (Lipinski definition) is 8. The Labute approximate surface area is 235 Å². The predicted molar refractivity (Wildman–Crippen MR) is 152 cm³/mol. The molecule has 0 saturated carbocycles. The number of amides is 2. The van der Waals surface area contributed by atoms with Gasteiger partial charge in [0.05, 0.1) is 23.6 Å². The van der Waals surface area contributed by atoms with Crippen molar-refractivity contribution in [2.45, 2.75) is 6.42 Å². The van der Waals surface area contributed by atoms with Crippen LogP contribution in [0.4, 0.5) is 0 Å². The van der Waals surface area contributed by atoms with Crippen LogP contribution in [0, 0.1) is 0 Å². The summed E-state index contributed by atoms with van der Waals surface area (Å²) >= 11 is 0. The van der Waals surface area contributed by atoms with E-state index < -0.39 is 30.2 Å². The van der Waals surface area contributed by atoms with Crippen molar-refractivity contribution in [3.05, 3.63) is 131 Å². The first-order valence-electron chi connectivity index (χ1n) is 12.3. The van der Waals surface area contributed by atoms with Crippen molar-refractivity contribution < 1.29 is 28.7 Å². The van der Waals surface area contributed by atoms with Crippen LogP contribution in [0.5, 0.6) is 11.5 Å². The summed E-state index contributed by atoms with van der Waals surface area (Å²) in [6.45, 7) is 0. The number of carbonyl (C=O) groups excluding carboxylic acids is 4. The normalized spacial score (nSPS) is 10.7. The van der Waals surface area contributed by atoms with Gasteiger partial charge in [0.15, 0.2) is 0 Å². The molecule has 0 aliphatic heterocycles. The maximum absolute atomic E-state index is 12.1. The van der Waals surface area contributed by atoms with Gasteiger partial charge in [-0.15, -0.1) is 0 Å². The molecule has 0 aliphatic carbocycles. The monoisotopic (exact) mass is 548 g/mol. The fourth-order valence-corrected chi connectivity index (χ4v) is 3.31. The molecule has 4 aromatic carbocycles. The van der Waals surface area contributed by atoms with Gasteiger partial charge in [0.1, 0.15) is 17.9 Å². The Morgan fingerprint density at radius 1 is 0.537 bits per heavy atom. The smallest absolute Gasteiger partial charge is 0.343 e. The molecule has 0 aromatic heterocycles. The highest BCUT2D eigenvalue weighted by molar-refractivity contribution is 5.97. The Hall–Kier alpha value is -5.90. The predicted octanol–water partition coefficient (Wildman–Crippen LogP) is 4.12. The van der Waals surface area contributed by atoms with Gasteiger partial charge in [0.25, 0.3) is 0 Å². The van der Waals surface area contributed by atoms with Gasteiger partial charge >= 0.3 is 11.9 Å². The number of nitrogens with one attached hydrogen (secondary N) is 2. The number of hydrogen-bond donors (Lipinski definition) is 2. The number of nitrogens with zero attached hydrogens (tertiary/aromatic N) is 2. The van der Waals surface area contributed by atoms with Crippen LogP contribution in [0.25, 0.3) is 0 Å². The molecular weight excluding hydrogens is 524 g/mol. The summed E-state index contributed by atoms with van der Waals surface area (Å²) in [6.07, 6.45) is 2.28. The van der Waals surface area contributed by atoms with E-state index in [-0.39, 0.29) is 0 Å². The van der Waals surface area contributed by atoms with Crippen molar-refractivity contribution in [3.8, 4) is 11.5 Å². The van der Waals surface area contributed by atoms with Crippen molar-refractivity contribution >= 4 is 36.2 Å². The van der Waals surface area contributed by atoms with Gasteiger partial charge in [-0.2, -0.15) is 10.2 Å². The van der Waals surface area contributed by atoms with Gasteiger partial charge in [-0.05, 0) is 83.9 Å². The molecule has 0 spiro atoms. The second-order valence-electron chi connectivity index (χ2n) is 8.41. The number of carbonyl (C=O) groups is 4. The Kier molecular flexibility index (Phi) is 9.81. The minimum Gasteiger partial charge on any atom is -0.423 e. The molecule has 2 amide bonds. The Morgan fingerprint density at radius 2 is 0.902 bits per heavy atom. The van der Waals surface area contributed by atoms with Gasteiger partial charge < -0.3 is 9.47 Å². The Balaban J connectivity index is 1.16. The van der Waals surface area contributed by atoms with Crippen molar-refractivity contribution in [1.29, 1.82) is 0 Å². The van der Waals surface area contributed by atoms with Crippen LogP contribution in [0.1, 0.15) is 38.3 Å². The summed E-state index contributed by atoms with van der Waals surface area (Å²) in [4.78, 5) is 48.2. The summed E-state index contributed by atoms with van der Waals surface area (Å²) in [5.74, 6) is -1.48. The zero-order valence-electron chi connectivity index (χ0n) is 21.6. The van der Waals surface area contributed by atoms with E-state index in [1.807, 2.05) is 12.1 Å². The van der Waals surface area contributed by atoms with Gasteiger partial charge in [-0.25, -0.2) is 20.4 Å². The largest absolute Gasteiger partial charge is 0.423 e. The maximum Gasteiger partial charge on any atom is 0.343 e. The van der Waals surface area contributed by atoms with Crippen molar-refractivity contribution in [2.75, 3.05) is 0 Å². The first-order chi connectivity index (χ1) is 20.0. The molecule has 10 heteroatoms. The van der Waals surface area contributed by atoms with Crippen LogP contribution >= 0.6 is 0 Å². The van der Waals surface area contributed by atoms with Crippen LogP contribution < -0.4 is 20.3 Å². The molecule has 41 heavy (non-hydrogen) atoms. The number of esters is 2. The molecular formula is C31H24N4O6. The summed E-state index contributed by atoms with van der Waals surface area (Å²) in [5, 5.41) is 7.64. The van der Waals surface area contributed by atoms with E-state index in [1.165, 1.54) is 12.4 Å². The van der Waals surface area contributed by atoms with E-state index in [0.717, 1.165) is 0 Å². The second-order valence-corrected chi connectivity index (χ2v) is 8.41. The average molecular weight is 549 g/mol. The van der Waals surface area contributed by atoms with E-state index in [0.29, 0.717) is 33.8 Å². The maximum atomic E-state index is 12.1. The van der Waals surface area contributed by atoms with E-state index in [9.17, 15) is 19.2 Å². The van der Waals surface area contributed by atoms with E-state index in [4.69, 9.17) is 9.47 Å². The highest BCUT2D eigenvalue weighted by atomic mass is 16.5. The topological polar surface area (TPSA) is 136 Å². The first kappa shape index (κ1) is 28.1. The molecule has 2 N–H and O–H groups in total. The highest BCUT2D eigenvalue weighted by Crippen LogP contribution is 2.15. The fraction of sp³-hybridized carbons (Fsp3) is 0.0323. The summed E-state index contributed by atoms with van der Waals surface area (Å²) < 4.78 is 10.6. The van der Waals surface area contributed by atoms with Crippen molar-refractivity contribution in [2.24, 2.45) is 10.2 Å². The minimum absolute atomic E-state index is 0.361. The Morgan fingerprint density at radius 3 is 1.27 bits per heavy atom. The molecule has 0 unspecified atom stereocenters. The standard InChI is InChI=1S/C31H24N4O6/c36-28(34-32-20-22-11-15-26(16-12-22)40-30(38)24-7-3-1-4-8-24)19-29(37)35-33-21-23-13-17-27(18-14-23)41-31(39)25-9-5-2-6-10-25/h1-18,20-21H,19H2,(H,34,36)(H,35,37)/b32-20+,33-21+. The second kappa shape index (κ2) is 14.3. The molecule has 10 nitrogen and oxygen atoms in total. The minimum atomic E-state index is -0.632. The zero-order valence-corrected chi connectivity index (χ0v) is 21.6. The van der Waals surface area contributed by atoms with Gasteiger partial charge in [0, 0.05) is 0 Å². The molecule has 0 bridgehead atoms. The van der Waals surface area contributed by atoms with Crippen LogP contribution in [0.2, 0.25) is 0 Å². The molecule has 0 aliphatic rings. The van der Waals surface area contributed by atoms with E-state index in [1.54, 1.807) is 97.1 Å². The van der Waals surface area contributed by atoms with Crippen LogP contribution in [0.15, 0.2) is 119 Å². The number of hydrazone groups is 2. The molecule has 0 fully saturated rings. The third kappa shape index (κ3) is 9.11. The lowest BCUT2D eigenvalue weighted by atomic mass is 10.2. The van der Waals surface area contributed by atoms with Crippen LogP contribution in [-0.2, 0) is 9.59 Å². The molecule has 0 heterocycles. The molecule has 4 aromatic rings. The lowest BCUT2D eigenvalue weighted by Crippen LogP contribution is -2.27. The lowest BCUT2D eigenvalue weighted by Gasteiger charge is -2.04. The van der Waals surface area contributed by atoms with Crippen molar-refractivity contribution in [1.82, 2.24) is 10.9 Å². The molecule has 0 atom stereocenters. The SMILES string of the molecule is O=C(CC(=O)N/N=C/c1ccc(OC(=O)c2ccccc2)cc1)N/N=C/c1ccc(OC(=O)c2ccccc2)cc1. The number of rotatable bonds is 10. The molecule has 4 rings (SSSR count). The summed E-state index contributed by atoms with van der Waals surface area (Å²) in [6, 6.07) is 30.3. The van der Waals surface area contributed by atoms with Crippen LogP contribution in [-0.4, -0.2) is 36.2 Å². The van der Waals surface area contributed by atoms with E-state index >= 15 is 0 Å². The van der Waals surface area contributed by atoms with E-state index in [2.05, 4.69) is 21.1 Å². The zero-order chi connectivity index (χ0) is 28.9. The fourth-order valence-electron chi connectivity index (χ4n) is 3.31. The summed E-state index contributed by atoms with van der Waals surface area (Å²) in [7, 11) is 0. The molecule has 0 saturated heterocycles. The molecule has 0 radical (unpaired) electrons. The third-order valence-electron chi connectivity index (χ3n) is 5.33. The highest BCUT2D eigenvalue weighted by Gasteiger charge is 2.09. The van der Waals surface area contributed by atoms with Crippen molar-refractivity contribution in [3.63, 3.8) is 0 Å². The van der Waals surface area contributed by atoms with Gasteiger partial charge in [-0.3, -0.25) is 9.59 Å².